The van der Waals surface area contributed by atoms with Crippen molar-refractivity contribution < 1.29 is 0 Å². The molecule has 2 unspecified atom stereocenters. The predicted octanol–water partition coefficient (Wildman–Crippen LogP) is 5.56. The molecule has 2 atom stereocenters. The summed E-state index contributed by atoms with van der Waals surface area (Å²) in [6.07, 6.45) is 2.24. The lowest BCUT2D eigenvalue weighted by atomic mass is 9.95. The minimum atomic E-state index is 0.370. The van der Waals surface area contributed by atoms with Crippen molar-refractivity contribution in [2.75, 3.05) is 5.32 Å². The summed E-state index contributed by atoms with van der Waals surface area (Å²) in [6, 6.07) is 15.4. The molecule has 2 aromatic carbocycles. The summed E-state index contributed by atoms with van der Waals surface area (Å²) < 4.78 is 0. The Labute approximate surface area is 126 Å². The van der Waals surface area contributed by atoms with Gasteiger partial charge in [-0.15, -0.1) is 0 Å². The molecule has 2 aromatic rings. The molecule has 0 radical (unpaired) electrons. The fourth-order valence-corrected chi connectivity index (χ4v) is 2.95. The highest BCUT2D eigenvalue weighted by Gasteiger charge is 2.22. The molecule has 0 amide bonds. The van der Waals surface area contributed by atoms with Gasteiger partial charge in [0, 0.05) is 10.7 Å². The van der Waals surface area contributed by atoms with Crippen LogP contribution in [0.5, 0.6) is 0 Å². The Balaban J connectivity index is 1.83. The van der Waals surface area contributed by atoms with Gasteiger partial charge in [0.1, 0.15) is 0 Å². The Morgan fingerprint density at radius 2 is 1.95 bits per heavy atom. The lowest BCUT2D eigenvalue weighted by molar-refractivity contribution is 0.732. The van der Waals surface area contributed by atoms with Crippen LogP contribution in [0.1, 0.15) is 48.9 Å². The normalized spacial score (nSPS) is 18.4. The van der Waals surface area contributed by atoms with Crippen LogP contribution >= 0.6 is 11.6 Å². The van der Waals surface area contributed by atoms with Crippen molar-refractivity contribution >= 4 is 17.3 Å². The summed E-state index contributed by atoms with van der Waals surface area (Å²) >= 11 is 5.96. The lowest BCUT2D eigenvalue weighted by Gasteiger charge is -2.11. The average Bonchev–Trinajstić information content (AvgIpc) is 2.90. The monoisotopic (exact) mass is 285 g/mol. The third kappa shape index (κ3) is 2.55. The minimum Gasteiger partial charge on any atom is -0.378 e. The second-order valence-electron chi connectivity index (χ2n) is 5.68. The van der Waals surface area contributed by atoms with E-state index < -0.39 is 0 Å². The van der Waals surface area contributed by atoms with Gasteiger partial charge in [0.2, 0.25) is 0 Å². The summed E-state index contributed by atoms with van der Waals surface area (Å²) in [5.41, 5.74) is 5.46. The Morgan fingerprint density at radius 3 is 2.65 bits per heavy atom. The molecule has 0 fully saturated rings. The van der Waals surface area contributed by atoms with Gasteiger partial charge in [0.25, 0.3) is 0 Å². The van der Waals surface area contributed by atoms with E-state index in [0.29, 0.717) is 12.0 Å². The van der Waals surface area contributed by atoms with Crippen molar-refractivity contribution in [2.45, 2.75) is 38.6 Å². The maximum atomic E-state index is 5.96. The predicted molar refractivity (Wildman–Crippen MR) is 86.7 cm³/mol. The number of nitrogens with one attached hydrogen (secondary N) is 1. The summed E-state index contributed by atoms with van der Waals surface area (Å²) in [4.78, 5) is 0. The van der Waals surface area contributed by atoms with Crippen LogP contribution in [0.4, 0.5) is 5.69 Å². The highest BCUT2D eigenvalue weighted by molar-refractivity contribution is 6.30. The number of fused-ring (bicyclic) bond motifs is 1. The third-order valence-corrected chi connectivity index (χ3v) is 4.59. The van der Waals surface area contributed by atoms with Crippen molar-refractivity contribution in [3.63, 3.8) is 0 Å². The molecule has 0 saturated heterocycles. The van der Waals surface area contributed by atoms with Gasteiger partial charge in [-0.1, -0.05) is 49.7 Å². The van der Waals surface area contributed by atoms with Crippen LogP contribution in [0.2, 0.25) is 5.02 Å². The van der Waals surface area contributed by atoms with Crippen molar-refractivity contribution in [2.24, 2.45) is 0 Å². The van der Waals surface area contributed by atoms with E-state index in [4.69, 9.17) is 11.6 Å². The molecule has 0 bridgehead atoms. The zero-order valence-electron chi connectivity index (χ0n) is 12.0. The highest BCUT2D eigenvalue weighted by atomic mass is 35.5. The van der Waals surface area contributed by atoms with Gasteiger partial charge < -0.3 is 5.32 Å². The largest absolute Gasteiger partial charge is 0.378 e. The minimum absolute atomic E-state index is 0.370. The Kier molecular flexibility index (Phi) is 3.71. The standard InChI is InChI=1S/C18H20ClN/c1-3-12(2)14-6-9-17-15(10-14)11-18(20-17)13-4-7-16(19)8-5-13/h4-10,12,18,20H,3,11H2,1-2H3. The zero-order valence-corrected chi connectivity index (χ0v) is 12.7. The maximum Gasteiger partial charge on any atom is 0.0555 e. The van der Waals surface area contributed by atoms with E-state index in [-0.39, 0.29) is 0 Å². The Bertz CT molecular complexity index is 603. The molecule has 0 aromatic heterocycles. The van der Waals surface area contributed by atoms with E-state index in [2.05, 4.69) is 49.5 Å². The van der Waals surface area contributed by atoms with Crippen molar-refractivity contribution in [1.82, 2.24) is 0 Å². The Morgan fingerprint density at radius 1 is 1.20 bits per heavy atom. The SMILES string of the molecule is CCC(C)c1ccc2c(c1)CC(c1ccc(Cl)cc1)N2. The molecular formula is C18H20ClN. The number of rotatable bonds is 3. The van der Waals surface area contributed by atoms with E-state index in [9.17, 15) is 0 Å². The molecule has 1 heterocycles. The van der Waals surface area contributed by atoms with E-state index in [1.807, 2.05) is 12.1 Å². The fraction of sp³-hybridized carbons (Fsp3) is 0.333. The van der Waals surface area contributed by atoms with Gasteiger partial charge in [0.05, 0.1) is 6.04 Å². The van der Waals surface area contributed by atoms with Crippen LogP contribution < -0.4 is 5.32 Å². The maximum absolute atomic E-state index is 5.96. The van der Waals surface area contributed by atoms with Crippen LogP contribution in [0, 0.1) is 0 Å². The number of halogens is 1. The molecule has 3 rings (SSSR count). The van der Waals surface area contributed by atoms with Crippen LogP contribution in [0.15, 0.2) is 42.5 Å². The van der Waals surface area contributed by atoms with Crippen molar-refractivity contribution in [3.05, 3.63) is 64.2 Å². The fourth-order valence-electron chi connectivity index (χ4n) is 2.82. The van der Waals surface area contributed by atoms with Gasteiger partial charge in [-0.25, -0.2) is 0 Å². The van der Waals surface area contributed by atoms with Gasteiger partial charge in [0.15, 0.2) is 0 Å². The highest BCUT2D eigenvalue weighted by Crippen LogP contribution is 2.36. The van der Waals surface area contributed by atoms with E-state index in [1.165, 1.54) is 28.8 Å². The van der Waals surface area contributed by atoms with Gasteiger partial charge in [-0.05, 0) is 53.6 Å². The number of hydrogen-bond acceptors (Lipinski definition) is 1. The molecule has 0 aliphatic carbocycles. The van der Waals surface area contributed by atoms with Crippen molar-refractivity contribution in [3.8, 4) is 0 Å². The summed E-state index contributed by atoms with van der Waals surface area (Å²) in [6.45, 7) is 4.54. The van der Waals surface area contributed by atoms with Gasteiger partial charge in [-0.2, -0.15) is 0 Å². The number of benzene rings is 2. The van der Waals surface area contributed by atoms with Gasteiger partial charge >= 0.3 is 0 Å². The molecule has 2 heteroatoms. The molecule has 0 saturated carbocycles. The first-order chi connectivity index (χ1) is 9.67. The molecule has 1 N–H and O–H groups in total. The topological polar surface area (TPSA) is 12.0 Å². The Hall–Kier alpha value is -1.47. The summed E-state index contributed by atoms with van der Waals surface area (Å²) in [5.74, 6) is 0.634. The average molecular weight is 286 g/mol. The first kappa shape index (κ1) is 13.5. The lowest BCUT2D eigenvalue weighted by Crippen LogP contribution is -2.04. The second kappa shape index (κ2) is 5.49. The summed E-state index contributed by atoms with van der Waals surface area (Å²) in [7, 11) is 0. The number of hydrogen-bond donors (Lipinski definition) is 1. The van der Waals surface area contributed by atoms with E-state index >= 15 is 0 Å². The van der Waals surface area contributed by atoms with Crippen LogP contribution in [-0.4, -0.2) is 0 Å². The first-order valence-corrected chi connectivity index (χ1v) is 7.70. The van der Waals surface area contributed by atoms with Crippen LogP contribution in [-0.2, 0) is 6.42 Å². The molecule has 1 aliphatic heterocycles. The third-order valence-electron chi connectivity index (χ3n) is 4.34. The molecule has 1 aliphatic rings. The van der Waals surface area contributed by atoms with Gasteiger partial charge in [-0.3, -0.25) is 0 Å². The smallest absolute Gasteiger partial charge is 0.0555 e. The number of anilines is 1. The zero-order chi connectivity index (χ0) is 14.1. The van der Waals surface area contributed by atoms with E-state index in [1.54, 1.807) is 0 Å². The summed E-state index contributed by atoms with van der Waals surface area (Å²) in [5, 5.41) is 4.41. The second-order valence-corrected chi connectivity index (χ2v) is 6.11. The molecular weight excluding hydrogens is 266 g/mol. The van der Waals surface area contributed by atoms with E-state index in [0.717, 1.165) is 11.4 Å². The molecule has 0 spiro atoms. The van der Waals surface area contributed by atoms with Crippen LogP contribution in [0.3, 0.4) is 0 Å². The first-order valence-electron chi connectivity index (χ1n) is 7.32. The van der Waals surface area contributed by atoms with Crippen LogP contribution in [0.25, 0.3) is 0 Å². The molecule has 20 heavy (non-hydrogen) atoms. The molecule has 104 valence electrons. The van der Waals surface area contributed by atoms with Crippen molar-refractivity contribution in [1.29, 1.82) is 0 Å². The molecule has 1 nitrogen and oxygen atoms in total. The quantitative estimate of drug-likeness (QED) is 0.778.